The lowest BCUT2D eigenvalue weighted by molar-refractivity contribution is 0.0838. The maximum absolute atomic E-state index is 11.8. The summed E-state index contributed by atoms with van der Waals surface area (Å²) in [6.45, 7) is 15.2. The Kier molecular flexibility index (Phi) is 6.34. The molecule has 0 aliphatic rings. The minimum atomic E-state index is -0.356. The van der Waals surface area contributed by atoms with Gasteiger partial charge in [0.25, 0.3) is 0 Å². The molecule has 0 radical (unpaired) electrons. The van der Waals surface area contributed by atoms with Crippen molar-refractivity contribution in [2.75, 3.05) is 0 Å². The third kappa shape index (κ3) is 5.38. The second-order valence-electron chi connectivity index (χ2n) is 8.79. The summed E-state index contributed by atoms with van der Waals surface area (Å²) in [6.07, 6.45) is 3.72. The van der Waals surface area contributed by atoms with Crippen LogP contribution in [0.3, 0.4) is 0 Å². The topological polar surface area (TPSA) is 69.8 Å². The van der Waals surface area contributed by atoms with Crippen LogP contribution in [0.4, 0.5) is 0 Å². The van der Waals surface area contributed by atoms with Gasteiger partial charge in [0.1, 0.15) is 0 Å². The molecule has 6 nitrogen and oxygen atoms in total. The second kappa shape index (κ2) is 7.56. The largest absolute Gasteiger partial charge is 0.331 e. The van der Waals surface area contributed by atoms with Gasteiger partial charge in [-0.25, -0.2) is 9.97 Å². The molecule has 0 saturated heterocycles. The summed E-state index contributed by atoms with van der Waals surface area (Å²) in [4.78, 5) is 32.0. The number of aromatic nitrogens is 4. The van der Waals surface area contributed by atoms with Gasteiger partial charge in [0, 0.05) is 37.3 Å². The summed E-state index contributed by atoms with van der Waals surface area (Å²) in [5.74, 6) is 1.27. The molecule has 2 aromatic rings. The minimum Gasteiger partial charge on any atom is -0.331 e. The lowest BCUT2D eigenvalue weighted by Gasteiger charge is -2.15. The Morgan fingerprint density at radius 3 is 1.15 bits per heavy atom. The number of aryl methyl sites for hydroxylation is 4. The summed E-state index contributed by atoms with van der Waals surface area (Å²) in [5.41, 5.74) is 1.06. The molecule has 0 bridgehead atoms. The van der Waals surface area contributed by atoms with Crippen LogP contribution in [-0.2, 0) is 14.1 Å². The molecule has 0 aliphatic heterocycles. The fourth-order valence-electron chi connectivity index (χ4n) is 2.33. The zero-order valence-electron chi connectivity index (χ0n) is 17.8. The Balaban J connectivity index is 0.000000260. The van der Waals surface area contributed by atoms with E-state index in [-0.39, 0.29) is 22.4 Å². The van der Waals surface area contributed by atoms with Gasteiger partial charge in [0.05, 0.1) is 11.4 Å². The number of hydrogen-bond donors (Lipinski definition) is 0. The van der Waals surface area contributed by atoms with E-state index in [1.165, 1.54) is 0 Å². The first kappa shape index (κ1) is 21.8. The fourth-order valence-corrected chi connectivity index (χ4v) is 2.33. The lowest BCUT2D eigenvalue weighted by Crippen LogP contribution is -2.23. The summed E-state index contributed by atoms with van der Waals surface area (Å²) in [5, 5.41) is 0. The molecule has 0 saturated carbocycles. The van der Waals surface area contributed by atoms with Crippen LogP contribution in [-0.4, -0.2) is 30.7 Å². The second-order valence-corrected chi connectivity index (χ2v) is 8.79. The van der Waals surface area contributed by atoms with Crippen LogP contribution in [0.15, 0.2) is 12.4 Å². The molecular weight excluding hydrogens is 328 g/mol. The molecule has 0 amide bonds. The van der Waals surface area contributed by atoms with Crippen molar-refractivity contribution in [1.29, 1.82) is 0 Å². The van der Waals surface area contributed by atoms with Gasteiger partial charge in [-0.05, 0) is 13.8 Å². The average Bonchev–Trinajstić information content (AvgIpc) is 2.97. The van der Waals surface area contributed by atoms with Gasteiger partial charge < -0.3 is 9.13 Å². The van der Waals surface area contributed by atoms with Gasteiger partial charge in [-0.1, -0.05) is 41.5 Å². The smallest absolute Gasteiger partial charge is 0.203 e. The van der Waals surface area contributed by atoms with Gasteiger partial charge in [-0.3, -0.25) is 9.59 Å². The molecule has 0 atom stereocenters. The minimum absolute atomic E-state index is 0.0862. The van der Waals surface area contributed by atoms with Crippen LogP contribution >= 0.6 is 0 Å². The highest BCUT2D eigenvalue weighted by molar-refractivity contribution is 5.97. The number of hydrogen-bond acceptors (Lipinski definition) is 4. The van der Waals surface area contributed by atoms with Crippen LogP contribution < -0.4 is 0 Å². The normalized spacial score (nSPS) is 11.8. The van der Waals surface area contributed by atoms with Gasteiger partial charge in [0.2, 0.25) is 11.6 Å². The van der Waals surface area contributed by atoms with Crippen molar-refractivity contribution in [3.63, 3.8) is 0 Å². The number of carbonyl (C=O) groups is 2. The predicted molar refractivity (Wildman–Crippen MR) is 103 cm³/mol. The van der Waals surface area contributed by atoms with E-state index in [0.717, 1.165) is 11.4 Å². The van der Waals surface area contributed by atoms with Crippen molar-refractivity contribution in [3.05, 3.63) is 35.4 Å². The Morgan fingerprint density at radius 2 is 1.00 bits per heavy atom. The van der Waals surface area contributed by atoms with Crippen molar-refractivity contribution >= 4 is 11.6 Å². The van der Waals surface area contributed by atoms with Crippen molar-refractivity contribution in [3.8, 4) is 0 Å². The van der Waals surface area contributed by atoms with E-state index in [9.17, 15) is 9.59 Å². The highest BCUT2D eigenvalue weighted by Crippen LogP contribution is 2.20. The van der Waals surface area contributed by atoms with Gasteiger partial charge in [0.15, 0.2) is 11.6 Å². The lowest BCUT2D eigenvalue weighted by atomic mass is 9.90. The molecule has 0 unspecified atom stereocenters. The fraction of sp³-hybridized carbons (Fsp3) is 0.600. The third-order valence-corrected chi connectivity index (χ3v) is 3.76. The third-order valence-electron chi connectivity index (χ3n) is 3.76. The van der Waals surface area contributed by atoms with Gasteiger partial charge >= 0.3 is 0 Å². The van der Waals surface area contributed by atoms with E-state index in [1.807, 2.05) is 81.9 Å². The predicted octanol–water partition coefficient (Wildman–Crippen LogP) is 3.91. The molecule has 2 heterocycles. The zero-order valence-corrected chi connectivity index (χ0v) is 17.8. The Labute approximate surface area is 156 Å². The number of ketones is 2. The number of nitrogens with zero attached hydrogens (tertiary/aromatic N) is 4. The van der Waals surface area contributed by atoms with E-state index in [2.05, 4.69) is 9.97 Å². The molecule has 2 rings (SSSR count). The molecule has 0 fully saturated rings. The Hall–Kier alpha value is -2.24. The van der Waals surface area contributed by atoms with E-state index in [0.29, 0.717) is 11.6 Å². The van der Waals surface area contributed by atoms with E-state index in [1.54, 1.807) is 9.13 Å². The Morgan fingerprint density at radius 1 is 0.731 bits per heavy atom. The van der Waals surface area contributed by atoms with E-state index >= 15 is 0 Å². The molecule has 26 heavy (non-hydrogen) atoms. The molecule has 0 N–H and O–H groups in total. The van der Waals surface area contributed by atoms with Crippen LogP contribution in [0.25, 0.3) is 0 Å². The molecule has 0 spiro atoms. The summed E-state index contributed by atoms with van der Waals surface area (Å²) in [6, 6.07) is 0. The van der Waals surface area contributed by atoms with Crippen molar-refractivity contribution in [2.45, 2.75) is 55.4 Å². The number of rotatable bonds is 2. The molecule has 144 valence electrons. The average molecular weight is 361 g/mol. The first-order valence-electron chi connectivity index (χ1n) is 8.74. The van der Waals surface area contributed by atoms with Crippen LogP contribution in [0, 0.1) is 24.7 Å². The standard InChI is InChI=1S/2C10H16N2O/c2*1-7-6-12(5)9(11-7)8(13)10(2,3)4/h2*6H,1-5H3. The van der Waals surface area contributed by atoms with Crippen molar-refractivity contribution in [2.24, 2.45) is 24.9 Å². The number of imidazole rings is 2. The number of carbonyl (C=O) groups excluding carboxylic acids is 2. The highest BCUT2D eigenvalue weighted by atomic mass is 16.1. The highest BCUT2D eigenvalue weighted by Gasteiger charge is 2.27. The maximum Gasteiger partial charge on any atom is 0.203 e. The molecule has 0 aromatic carbocycles. The molecule has 0 aliphatic carbocycles. The van der Waals surface area contributed by atoms with Crippen molar-refractivity contribution < 1.29 is 9.59 Å². The maximum atomic E-state index is 11.8. The molecular formula is C20H32N4O2. The van der Waals surface area contributed by atoms with Gasteiger partial charge in [-0.2, -0.15) is 0 Å². The Bertz CT molecular complexity index is 731. The first-order chi connectivity index (χ1) is 11.6. The van der Waals surface area contributed by atoms with Crippen LogP contribution in [0.5, 0.6) is 0 Å². The number of Topliss-reactive ketones (excluding diaryl/α,β-unsaturated/α-hetero) is 2. The SMILES string of the molecule is Cc1cn(C)c(C(=O)C(C)(C)C)n1.Cc1cn(C)c(C(=O)C(C)(C)C)n1. The summed E-state index contributed by atoms with van der Waals surface area (Å²) in [7, 11) is 3.69. The van der Waals surface area contributed by atoms with Crippen LogP contribution in [0.1, 0.15) is 74.2 Å². The van der Waals surface area contributed by atoms with Gasteiger partial charge in [-0.15, -0.1) is 0 Å². The quantitative estimate of drug-likeness (QED) is 0.761. The van der Waals surface area contributed by atoms with E-state index < -0.39 is 0 Å². The first-order valence-corrected chi connectivity index (χ1v) is 8.74. The van der Waals surface area contributed by atoms with Crippen molar-refractivity contribution in [1.82, 2.24) is 19.1 Å². The molecule has 2 aromatic heterocycles. The van der Waals surface area contributed by atoms with Crippen LogP contribution in [0.2, 0.25) is 0 Å². The molecule has 6 heteroatoms. The van der Waals surface area contributed by atoms with E-state index in [4.69, 9.17) is 0 Å². The summed E-state index contributed by atoms with van der Waals surface area (Å²) >= 11 is 0. The summed E-state index contributed by atoms with van der Waals surface area (Å²) < 4.78 is 3.56. The zero-order chi connectivity index (χ0) is 20.4. The monoisotopic (exact) mass is 360 g/mol.